The molecule has 1 aromatic carbocycles. The molecule has 6 nitrogen and oxygen atoms in total. The van der Waals surface area contributed by atoms with Crippen LogP contribution in [0, 0.1) is 0 Å². The Morgan fingerprint density at radius 2 is 1.92 bits per heavy atom. The number of nitrogens with one attached hydrogen (secondary N) is 1. The monoisotopic (exact) mass is 323 g/mol. The maximum Gasteiger partial charge on any atom is 0.266 e. The van der Waals surface area contributed by atoms with Crippen LogP contribution in [0.4, 0.5) is 0 Å². The molecule has 0 radical (unpaired) electrons. The van der Waals surface area contributed by atoms with Crippen molar-refractivity contribution in [1.82, 2.24) is 15.1 Å². The van der Waals surface area contributed by atoms with Crippen molar-refractivity contribution in [3.8, 4) is 11.5 Å². The van der Waals surface area contributed by atoms with E-state index in [-0.39, 0.29) is 11.5 Å². The van der Waals surface area contributed by atoms with Crippen LogP contribution in [0.2, 0.25) is 0 Å². The first kappa shape index (κ1) is 15.7. The minimum atomic E-state index is -0.181. The number of aryl methyl sites for hydroxylation is 1. The summed E-state index contributed by atoms with van der Waals surface area (Å²) >= 11 is 0. The second-order valence-corrected chi connectivity index (χ2v) is 5.23. The van der Waals surface area contributed by atoms with Crippen molar-refractivity contribution in [3.63, 3.8) is 0 Å². The summed E-state index contributed by atoms with van der Waals surface area (Å²) in [6.45, 7) is 0.884. The molecule has 0 saturated carbocycles. The molecule has 0 atom stereocenters. The van der Waals surface area contributed by atoms with Crippen molar-refractivity contribution in [2.45, 2.75) is 13.0 Å². The lowest BCUT2D eigenvalue weighted by molar-refractivity contribution is 0.0952. The minimum Gasteiger partial charge on any atom is -0.463 e. The second kappa shape index (κ2) is 7.41. The topological polar surface area (TPSA) is 77.1 Å². The summed E-state index contributed by atoms with van der Waals surface area (Å²) in [6, 6.07) is 15.7. The van der Waals surface area contributed by atoms with Crippen molar-refractivity contribution < 1.29 is 9.21 Å². The molecule has 0 fully saturated rings. The summed E-state index contributed by atoms with van der Waals surface area (Å²) < 4.78 is 6.67. The number of rotatable bonds is 6. The van der Waals surface area contributed by atoms with E-state index in [1.807, 2.05) is 18.2 Å². The first-order chi connectivity index (χ1) is 11.7. The average molecular weight is 323 g/mol. The first-order valence-electron chi connectivity index (χ1n) is 7.69. The molecule has 122 valence electrons. The van der Waals surface area contributed by atoms with Gasteiger partial charge in [0.25, 0.3) is 11.5 Å². The molecule has 3 aromatic rings. The molecule has 0 aliphatic rings. The predicted molar refractivity (Wildman–Crippen MR) is 89.6 cm³/mol. The molecule has 2 heterocycles. The van der Waals surface area contributed by atoms with Gasteiger partial charge in [0, 0.05) is 24.7 Å². The number of carbonyl (C=O) groups excluding carboxylic acids is 1. The van der Waals surface area contributed by atoms with Crippen LogP contribution >= 0.6 is 0 Å². The van der Waals surface area contributed by atoms with E-state index in [1.165, 1.54) is 10.7 Å². The molecule has 0 spiro atoms. The van der Waals surface area contributed by atoms with E-state index < -0.39 is 0 Å². The number of amides is 1. The smallest absolute Gasteiger partial charge is 0.266 e. The zero-order valence-electron chi connectivity index (χ0n) is 13.0. The van der Waals surface area contributed by atoms with Crippen molar-refractivity contribution >= 4 is 5.91 Å². The van der Waals surface area contributed by atoms with E-state index in [2.05, 4.69) is 10.4 Å². The number of hydrogen-bond acceptors (Lipinski definition) is 4. The highest BCUT2D eigenvalue weighted by Crippen LogP contribution is 2.15. The average Bonchev–Trinajstić information content (AvgIpc) is 3.15. The number of nitrogens with zero attached hydrogens (tertiary/aromatic N) is 2. The number of carbonyl (C=O) groups is 1. The van der Waals surface area contributed by atoms with E-state index in [0.29, 0.717) is 36.5 Å². The zero-order chi connectivity index (χ0) is 16.8. The number of furan rings is 1. The van der Waals surface area contributed by atoms with E-state index in [9.17, 15) is 9.59 Å². The molecular weight excluding hydrogens is 306 g/mol. The molecule has 3 rings (SSSR count). The summed E-state index contributed by atoms with van der Waals surface area (Å²) in [6.07, 6.45) is 2.17. The Balaban J connectivity index is 1.56. The molecule has 1 amide bonds. The van der Waals surface area contributed by atoms with Crippen LogP contribution in [-0.2, 0) is 6.54 Å². The SMILES string of the molecule is O=C(NCCCn1nc(-c2ccco2)ccc1=O)c1ccccc1. The van der Waals surface area contributed by atoms with Crippen LogP contribution in [0.3, 0.4) is 0 Å². The van der Waals surface area contributed by atoms with Crippen molar-refractivity contribution in [3.05, 3.63) is 76.8 Å². The lowest BCUT2D eigenvalue weighted by Crippen LogP contribution is -2.28. The fourth-order valence-corrected chi connectivity index (χ4v) is 2.29. The van der Waals surface area contributed by atoms with Crippen LogP contribution < -0.4 is 10.9 Å². The van der Waals surface area contributed by atoms with Gasteiger partial charge in [0.2, 0.25) is 0 Å². The normalized spacial score (nSPS) is 10.5. The predicted octanol–water partition coefficient (Wildman–Crippen LogP) is 2.32. The van der Waals surface area contributed by atoms with E-state index in [4.69, 9.17) is 4.42 Å². The molecule has 0 bridgehead atoms. The number of aromatic nitrogens is 2. The van der Waals surface area contributed by atoms with E-state index in [1.54, 1.807) is 36.6 Å². The lowest BCUT2D eigenvalue weighted by Gasteiger charge is -2.07. The molecule has 0 saturated heterocycles. The molecule has 0 aliphatic carbocycles. The third-order valence-corrected chi connectivity index (χ3v) is 3.51. The van der Waals surface area contributed by atoms with Crippen LogP contribution in [0.1, 0.15) is 16.8 Å². The Morgan fingerprint density at radius 1 is 1.08 bits per heavy atom. The maximum absolute atomic E-state index is 11.9. The van der Waals surface area contributed by atoms with Gasteiger partial charge in [-0.3, -0.25) is 9.59 Å². The molecule has 2 aromatic heterocycles. The van der Waals surface area contributed by atoms with E-state index >= 15 is 0 Å². The third-order valence-electron chi connectivity index (χ3n) is 3.51. The molecular formula is C18H17N3O3. The van der Waals surface area contributed by atoms with Gasteiger partial charge in [0.05, 0.1) is 6.26 Å². The summed E-state index contributed by atoms with van der Waals surface area (Å²) in [7, 11) is 0. The van der Waals surface area contributed by atoms with Gasteiger partial charge in [0.15, 0.2) is 5.76 Å². The Hall–Kier alpha value is -3.15. The van der Waals surface area contributed by atoms with E-state index in [0.717, 1.165) is 0 Å². The van der Waals surface area contributed by atoms with Crippen LogP contribution in [0.15, 0.2) is 70.1 Å². The second-order valence-electron chi connectivity index (χ2n) is 5.23. The summed E-state index contributed by atoms with van der Waals surface area (Å²) in [5.74, 6) is 0.487. The number of hydrogen-bond donors (Lipinski definition) is 1. The number of benzene rings is 1. The first-order valence-corrected chi connectivity index (χ1v) is 7.69. The minimum absolute atomic E-state index is 0.125. The van der Waals surface area contributed by atoms with Gasteiger partial charge in [-0.05, 0) is 36.8 Å². The zero-order valence-corrected chi connectivity index (χ0v) is 13.0. The fourth-order valence-electron chi connectivity index (χ4n) is 2.29. The van der Waals surface area contributed by atoms with Gasteiger partial charge in [-0.15, -0.1) is 0 Å². The van der Waals surface area contributed by atoms with Crippen LogP contribution in [0.5, 0.6) is 0 Å². The summed E-state index contributed by atoms with van der Waals surface area (Å²) in [4.78, 5) is 23.8. The van der Waals surface area contributed by atoms with Crippen molar-refractivity contribution in [1.29, 1.82) is 0 Å². The Bertz CT molecular complexity index is 855. The lowest BCUT2D eigenvalue weighted by atomic mass is 10.2. The third kappa shape index (κ3) is 3.78. The molecule has 24 heavy (non-hydrogen) atoms. The molecule has 1 N–H and O–H groups in total. The molecule has 6 heteroatoms. The largest absolute Gasteiger partial charge is 0.463 e. The summed E-state index contributed by atoms with van der Waals surface area (Å²) in [5.41, 5.74) is 1.04. The highest BCUT2D eigenvalue weighted by atomic mass is 16.3. The standard InChI is InChI=1S/C18H17N3O3/c22-17-10-9-15(16-8-4-13-24-16)20-21(17)12-5-11-19-18(23)14-6-2-1-3-7-14/h1-4,6-10,13H,5,11-12H2,(H,19,23). The Morgan fingerprint density at radius 3 is 2.67 bits per heavy atom. The molecule has 0 unspecified atom stereocenters. The van der Waals surface area contributed by atoms with Crippen LogP contribution in [0.25, 0.3) is 11.5 Å². The van der Waals surface area contributed by atoms with Gasteiger partial charge >= 0.3 is 0 Å². The fraction of sp³-hybridized carbons (Fsp3) is 0.167. The van der Waals surface area contributed by atoms with Crippen molar-refractivity contribution in [2.24, 2.45) is 0 Å². The quantitative estimate of drug-likeness (QED) is 0.706. The van der Waals surface area contributed by atoms with Gasteiger partial charge in [0.1, 0.15) is 5.69 Å². The van der Waals surface area contributed by atoms with Gasteiger partial charge in [-0.2, -0.15) is 5.10 Å². The highest BCUT2D eigenvalue weighted by molar-refractivity contribution is 5.94. The Kier molecular flexibility index (Phi) is 4.86. The van der Waals surface area contributed by atoms with Gasteiger partial charge in [-0.1, -0.05) is 18.2 Å². The van der Waals surface area contributed by atoms with Crippen molar-refractivity contribution in [2.75, 3.05) is 6.54 Å². The maximum atomic E-state index is 11.9. The summed E-state index contributed by atoms with van der Waals surface area (Å²) in [5, 5.41) is 7.12. The van der Waals surface area contributed by atoms with Gasteiger partial charge < -0.3 is 9.73 Å². The van der Waals surface area contributed by atoms with Gasteiger partial charge in [-0.25, -0.2) is 4.68 Å². The Labute approximate surface area is 138 Å². The highest BCUT2D eigenvalue weighted by Gasteiger charge is 2.06. The van der Waals surface area contributed by atoms with Crippen LogP contribution in [-0.4, -0.2) is 22.2 Å². The molecule has 0 aliphatic heterocycles.